The summed E-state index contributed by atoms with van der Waals surface area (Å²) in [5.74, 6) is -1.06. The monoisotopic (exact) mass is 486 g/mol. The molecule has 0 unspecified atom stereocenters. The Labute approximate surface area is 202 Å². The van der Waals surface area contributed by atoms with E-state index in [1.54, 1.807) is 0 Å². The molecule has 0 saturated carbocycles. The maximum absolute atomic E-state index is 10.6. The van der Waals surface area contributed by atoms with Gasteiger partial charge in [-0.05, 0) is 70.7 Å². The normalized spacial score (nSPS) is 12.7. The number of carbonyl (C=O) groups is 1. The molecular formula is C26H29F3N4O2. The number of hydrogen-bond acceptors (Lipinski definition) is 5. The number of aromatic nitrogens is 2. The number of alkyl halides is 3. The average molecular weight is 487 g/mol. The number of fused-ring (bicyclic) bond motifs is 1. The molecular weight excluding hydrogens is 457 g/mol. The van der Waals surface area contributed by atoms with Gasteiger partial charge >= 0.3 is 12.1 Å². The van der Waals surface area contributed by atoms with Gasteiger partial charge in [-0.3, -0.25) is 0 Å². The highest BCUT2D eigenvalue weighted by Gasteiger charge is 2.38. The standard InChI is InChI=1S/C24H28N4.C2HF3O2/c1-14-7-8-21(16(3)11-14)28-10-9-20-19(6)25-24(27-23(20)28)26-22-17(4)12-15(2)13-18(22)5;3-2(4,5)1(6)7/h7-8,11-13H,9-10H2,1-6H3,(H,25,26,27);(H,6,7). The number of anilines is 4. The quantitative estimate of drug-likeness (QED) is 0.446. The smallest absolute Gasteiger partial charge is 0.475 e. The van der Waals surface area contributed by atoms with Gasteiger partial charge in [-0.15, -0.1) is 0 Å². The number of aliphatic carboxylic acids is 1. The second kappa shape index (κ2) is 9.93. The highest BCUT2D eigenvalue weighted by Crippen LogP contribution is 2.37. The summed E-state index contributed by atoms with van der Waals surface area (Å²) >= 11 is 0. The maximum Gasteiger partial charge on any atom is 0.490 e. The number of carboxylic acid groups (broad SMARTS) is 1. The predicted molar refractivity (Wildman–Crippen MR) is 131 cm³/mol. The number of carboxylic acids is 1. The fraction of sp³-hybridized carbons (Fsp3) is 0.346. The molecule has 3 aromatic rings. The van der Waals surface area contributed by atoms with E-state index in [0.29, 0.717) is 5.95 Å². The van der Waals surface area contributed by atoms with Crippen LogP contribution in [0.15, 0.2) is 30.3 Å². The fourth-order valence-corrected chi connectivity index (χ4v) is 4.31. The molecule has 0 fully saturated rings. The van der Waals surface area contributed by atoms with E-state index in [-0.39, 0.29) is 0 Å². The van der Waals surface area contributed by atoms with Crippen molar-refractivity contribution in [2.24, 2.45) is 0 Å². The number of hydrogen-bond donors (Lipinski definition) is 2. The molecule has 2 heterocycles. The maximum atomic E-state index is 10.6. The highest BCUT2D eigenvalue weighted by atomic mass is 19.4. The summed E-state index contributed by atoms with van der Waals surface area (Å²) in [6.07, 6.45) is -4.10. The number of rotatable bonds is 3. The van der Waals surface area contributed by atoms with Gasteiger partial charge in [-0.1, -0.05) is 35.4 Å². The lowest BCUT2D eigenvalue weighted by atomic mass is 10.1. The molecule has 0 saturated heterocycles. The van der Waals surface area contributed by atoms with Gasteiger partial charge in [0.15, 0.2) is 0 Å². The first-order valence-electron chi connectivity index (χ1n) is 11.1. The Bertz CT molecular complexity index is 1250. The Balaban J connectivity index is 0.000000429. The summed E-state index contributed by atoms with van der Waals surface area (Å²) in [7, 11) is 0. The van der Waals surface area contributed by atoms with Crippen molar-refractivity contribution >= 4 is 29.1 Å². The average Bonchev–Trinajstić information content (AvgIpc) is 3.15. The van der Waals surface area contributed by atoms with Gasteiger partial charge in [0.1, 0.15) is 5.82 Å². The molecule has 0 spiro atoms. The first-order valence-corrected chi connectivity index (χ1v) is 11.1. The zero-order valence-electron chi connectivity index (χ0n) is 20.6. The van der Waals surface area contributed by atoms with Gasteiger partial charge in [-0.25, -0.2) is 9.78 Å². The van der Waals surface area contributed by atoms with Crippen molar-refractivity contribution < 1.29 is 23.1 Å². The van der Waals surface area contributed by atoms with Crippen molar-refractivity contribution in [3.05, 3.63) is 69.4 Å². The fourth-order valence-electron chi connectivity index (χ4n) is 4.31. The van der Waals surface area contributed by atoms with E-state index in [4.69, 9.17) is 19.9 Å². The Hall–Kier alpha value is -3.62. The molecule has 2 N–H and O–H groups in total. The lowest BCUT2D eigenvalue weighted by Gasteiger charge is -2.22. The largest absolute Gasteiger partial charge is 0.490 e. The molecule has 0 aliphatic carbocycles. The van der Waals surface area contributed by atoms with Gasteiger partial charge in [0.25, 0.3) is 0 Å². The molecule has 0 radical (unpaired) electrons. The lowest BCUT2D eigenvalue weighted by molar-refractivity contribution is -0.192. The minimum Gasteiger partial charge on any atom is -0.475 e. The third-order valence-corrected chi connectivity index (χ3v) is 5.83. The van der Waals surface area contributed by atoms with Gasteiger partial charge in [0.2, 0.25) is 5.95 Å². The van der Waals surface area contributed by atoms with Crippen molar-refractivity contribution in [2.45, 2.75) is 54.1 Å². The van der Waals surface area contributed by atoms with E-state index in [2.05, 4.69) is 82.1 Å². The second-order valence-electron chi connectivity index (χ2n) is 8.83. The topological polar surface area (TPSA) is 78.4 Å². The van der Waals surface area contributed by atoms with E-state index in [1.807, 2.05) is 0 Å². The summed E-state index contributed by atoms with van der Waals surface area (Å²) in [4.78, 5) is 20.9. The zero-order valence-corrected chi connectivity index (χ0v) is 20.6. The van der Waals surface area contributed by atoms with Crippen LogP contribution >= 0.6 is 0 Å². The summed E-state index contributed by atoms with van der Waals surface area (Å²) in [6.45, 7) is 13.7. The molecule has 9 heteroatoms. The molecule has 4 rings (SSSR count). The van der Waals surface area contributed by atoms with Gasteiger partial charge in [0, 0.05) is 29.2 Å². The summed E-state index contributed by atoms with van der Waals surface area (Å²) in [5.41, 5.74) is 10.9. The number of benzene rings is 2. The first-order chi connectivity index (χ1) is 16.3. The molecule has 1 aliphatic heterocycles. The lowest BCUT2D eigenvalue weighted by Crippen LogP contribution is -2.21. The highest BCUT2D eigenvalue weighted by molar-refractivity contribution is 5.73. The number of nitrogens with zero attached hydrogens (tertiary/aromatic N) is 3. The van der Waals surface area contributed by atoms with Gasteiger partial charge in [0.05, 0.1) is 0 Å². The van der Waals surface area contributed by atoms with Crippen LogP contribution in [0.4, 0.5) is 36.3 Å². The molecule has 2 aromatic carbocycles. The number of nitrogens with one attached hydrogen (secondary N) is 1. The molecule has 0 amide bonds. The zero-order chi connectivity index (χ0) is 26.1. The van der Waals surface area contributed by atoms with Crippen LogP contribution in [0, 0.1) is 41.5 Å². The Morgan fingerprint density at radius 3 is 2.06 bits per heavy atom. The van der Waals surface area contributed by atoms with Crippen LogP contribution in [-0.2, 0) is 11.2 Å². The number of halogens is 3. The van der Waals surface area contributed by atoms with Crippen LogP contribution in [0.5, 0.6) is 0 Å². The third-order valence-electron chi connectivity index (χ3n) is 5.83. The van der Waals surface area contributed by atoms with Crippen LogP contribution in [0.25, 0.3) is 0 Å². The van der Waals surface area contributed by atoms with E-state index >= 15 is 0 Å². The molecule has 0 atom stereocenters. The molecule has 0 bridgehead atoms. The van der Waals surface area contributed by atoms with Crippen molar-refractivity contribution in [1.29, 1.82) is 0 Å². The summed E-state index contributed by atoms with van der Waals surface area (Å²) in [5, 5.41) is 10.6. The van der Waals surface area contributed by atoms with Crippen LogP contribution in [0.3, 0.4) is 0 Å². The van der Waals surface area contributed by atoms with Crippen molar-refractivity contribution in [1.82, 2.24) is 9.97 Å². The Morgan fingerprint density at radius 1 is 0.943 bits per heavy atom. The minimum atomic E-state index is -5.08. The second-order valence-corrected chi connectivity index (χ2v) is 8.83. The first kappa shape index (κ1) is 26.0. The van der Waals surface area contributed by atoms with Gasteiger partial charge < -0.3 is 15.3 Å². The van der Waals surface area contributed by atoms with Crippen LogP contribution in [-0.4, -0.2) is 33.8 Å². The van der Waals surface area contributed by atoms with Crippen LogP contribution in [0.1, 0.15) is 39.1 Å². The Kier molecular flexibility index (Phi) is 7.38. The Morgan fingerprint density at radius 2 is 1.51 bits per heavy atom. The van der Waals surface area contributed by atoms with Gasteiger partial charge in [-0.2, -0.15) is 18.2 Å². The van der Waals surface area contributed by atoms with Crippen molar-refractivity contribution in [3.8, 4) is 0 Å². The summed E-state index contributed by atoms with van der Waals surface area (Å²) < 4.78 is 31.7. The van der Waals surface area contributed by atoms with Crippen LogP contribution < -0.4 is 10.2 Å². The molecule has 35 heavy (non-hydrogen) atoms. The number of aryl methyl sites for hydroxylation is 6. The van der Waals surface area contributed by atoms with E-state index in [1.165, 1.54) is 39.1 Å². The minimum absolute atomic E-state index is 0.669. The van der Waals surface area contributed by atoms with Crippen LogP contribution in [0.2, 0.25) is 0 Å². The van der Waals surface area contributed by atoms with E-state index in [9.17, 15) is 13.2 Å². The molecule has 6 nitrogen and oxygen atoms in total. The third kappa shape index (κ3) is 5.90. The molecule has 1 aromatic heterocycles. The molecule has 186 valence electrons. The SMILES string of the molecule is Cc1ccc(N2CCc3c(C)nc(Nc4c(C)cc(C)cc4C)nc32)c(C)c1.O=C(O)C(F)(F)F. The van der Waals surface area contributed by atoms with E-state index < -0.39 is 12.1 Å². The van der Waals surface area contributed by atoms with Crippen molar-refractivity contribution in [2.75, 3.05) is 16.8 Å². The van der Waals surface area contributed by atoms with E-state index in [0.717, 1.165) is 30.2 Å². The predicted octanol–water partition coefficient (Wildman–Crippen LogP) is 6.40. The van der Waals surface area contributed by atoms with Crippen molar-refractivity contribution in [3.63, 3.8) is 0 Å². The summed E-state index contributed by atoms with van der Waals surface area (Å²) in [6, 6.07) is 11.0. The molecule has 1 aliphatic rings.